The largest absolute Gasteiger partial charge is 0.435 e. The second kappa shape index (κ2) is 5.52. The van der Waals surface area contributed by atoms with Gasteiger partial charge in [-0.25, -0.2) is 0 Å². The number of rotatable bonds is 3. The molecule has 0 aromatic heterocycles. The molecule has 19 heavy (non-hydrogen) atoms. The fourth-order valence-corrected chi connectivity index (χ4v) is 2.22. The lowest BCUT2D eigenvalue weighted by Crippen LogP contribution is -2.44. The van der Waals surface area contributed by atoms with Gasteiger partial charge < -0.3 is 15.4 Å². The molecule has 1 atom stereocenters. The van der Waals surface area contributed by atoms with Crippen LogP contribution in [-0.4, -0.2) is 25.1 Å². The molecule has 6 heteroatoms. The van der Waals surface area contributed by atoms with E-state index in [0.29, 0.717) is 6.54 Å². The Balaban J connectivity index is 2.28. The molecule has 4 nitrogen and oxygen atoms in total. The molecule has 1 amide bonds. The molecule has 0 aliphatic carbocycles. The average Bonchev–Trinajstić information content (AvgIpc) is 2.36. The van der Waals surface area contributed by atoms with Gasteiger partial charge in [0.05, 0.1) is 6.04 Å². The van der Waals surface area contributed by atoms with Gasteiger partial charge in [-0.3, -0.25) is 4.79 Å². The van der Waals surface area contributed by atoms with Gasteiger partial charge in [0.1, 0.15) is 5.75 Å². The summed E-state index contributed by atoms with van der Waals surface area (Å²) in [5.41, 5.74) is 7.17. The van der Waals surface area contributed by atoms with E-state index in [2.05, 4.69) is 4.74 Å². The van der Waals surface area contributed by atoms with E-state index in [4.69, 9.17) is 5.73 Å². The van der Waals surface area contributed by atoms with Crippen molar-refractivity contribution in [2.45, 2.75) is 32.4 Å². The van der Waals surface area contributed by atoms with Gasteiger partial charge in [0, 0.05) is 12.2 Å². The van der Waals surface area contributed by atoms with Gasteiger partial charge in [-0.15, -0.1) is 0 Å². The van der Waals surface area contributed by atoms with Crippen LogP contribution in [0.2, 0.25) is 0 Å². The van der Waals surface area contributed by atoms with Crippen molar-refractivity contribution in [1.29, 1.82) is 0 Å². The average molecular weight is 270 g/mol. The highest BCUT2D eigenvalue weighted by atomic mass is 19.3. The standard InChI is InChI=1S/C13H16F2N2O2/c1-8(16)12(18)17-6-2-3-9-7-10(19-13(14)15)4-5-11(9)17/h4-5,7-8,13H,2-3,6,16H2,1H3/t8-/m0/s1. The van der Waals surface area contributed by atoms with Crippen molar-refractivity contribution in [2.75, 3.05) is 11.4 Å². The van der Waals surface area contributed by atoms with Crippen molar-refractivity contribution in [3.8, 4) is 5.75 Å². The number of nitrogens with zero attached hydrogens (tertiary/aromatic N) is 1. The van der Waals surface area contributed by atoms with E-state index in [1.54, 1.807) is 24.0 Å². The number of halogens is 2. The Morgan fingerprint density at radius 1 is 1.47 bits per heavy atom. The Kier molecular flexibility index (Phi) is 3.99. The molecule has 0 saturated carbocycles. The zero-order valence-corrected chi connectivity index (χ0v) is 10.6. The van der Waals surface area contributed by atoms with Crippen molar-refractivity contribution in [3.05, 3.63) is 23.8 Å². The Morgan fingerprint density at radius 2 is 2.21 bits per heavy atom. The Morgan fingerprint density at radius 3 is 2.84 bits per heavy atom. The third kappa shape index (κ3) is 3.01. The highest BCUT2D eigenvalue weighted by Gasteiger charge is 2.25. The normalized spacial score (nSPS) is 16.2. The summed E-state index contributed by atoms with van der Waals surface area (Å²) < 4.78 is 28.7. The maximum absolute atomic E-state index is 12.2. The van der Waals surface area contributed by atoms with Gasteiger partial charge in [-0.05, 0) is 43.5 Å². The fraction of sp³-hybridized carbons (Fsp3) is 0.462. The van der Waals surface area contributed by atoms with Crippen LogP contribution in [0.5, 0.6) is 5.75 Å². The summed E-state index contributed by atoms with van der Waals surface area (Å²) in [4.78, 5) is 13.6. The van der Waals surface area contributed by atoms with Gasteiger partial charge in [0.25, 0.3) is 0 Å². The van der Waals surface area contributed by atoms with Crippen molar-refractivity contribution < 1.29 is 18.3 Å². The summed E-state index contributed by atoms with van der Waals surface area (Å²) in [5.74, 6) is -0.0488. The van der Waals surface area contributed by atoms with E-state index in [9.17, 15) is 13.6 Å². The number of alkyl halides is 2. The number of anilines is 1. The number of carbonyl (C=O) groups excluding carboxylic acids is 1. The smallest absolute Gasteiger partial charge is 0.387 e. The Hall–Kier alpha value is -1.69. The van der Waals surface area contributed by atoms with Crippen LogP contribution in [0.25, 0.3) is 0 Å². The van der Waals surface area contributed by atoms with Crippen LogP contribution >= 0.6 is 0 Å². The van der Waals surface area contributed by atoms with Crippen LogP contribution in [-0.2, 0) is 11.2 Å². The van der Waals surface area contributed by atoms with E-state index in [0.717, 1.165) is 24.1 Å². The van der Waals surface area contributed by atoms with Crippen molar-refractivity contribution in [3.63, 3.8) is 0 Å². The van der Waals surface area contributed by atoms with Crippen LogP contribution in [0.3, 0.4) is 0 Å². The summed E-state index contributed by atoms with van der Waals surface area (Å²) in [6.45, 7) is -0.615. The third-order valence-electron chi connectivity index (χ3n) is 3.05. The monoisotopic (exact) mass is 270 g/mol. The molecule has 0 bridgehead atoms. The summed E-state index contributed by atoms with van der Waals surface area (Å²) in [6.07, 6.45) is 1.52. The number of hydrogen-bond donors (Lipinski definition) is 1. The predicted molar refractivity (Wildman–Crippen MR) is 67.4 cm³/mol. The SMILES string of the molecule is C[C@H](N)C(=O)N1CCCc2cc(OC(F)F)ccc21. The minimum Gasteiger partial charge on any atom is -0.435 e. The molecule has 0 fully saturated rings. The molecule has 104 valence electrons. The maximum atomic E-state index is 12.2. The van der Waals surface area contributed by atoms with Crippen LogP contribution in [0.4, 0.5) is 14.5 Å². The summed E-state index contributed by atoms with van der Waals surface area (Å²) >= 11 is 0. The lowest BCUT2D eigenvalue weighted by atomic mass is 10.0. The number of nitrogens with two attached hydrogens (primary N) is 1. The lowest BCUT2D eigenvalue weighted by molar-refractivity contribution is -0.119. The van der Waals surface area contributed by atoms with E-state index >= 15 is 0 Å². The number of carbonyl (C=O) groups is 1. The van der Waals surface area contributed by atoms with Gasteiger partial charge in [-0.2, -0.15) is 8.78 Å². The van der Waals surface area contributed by atoms with Gasteiger partial charge >= 0.3 is 6.61 Å². The molecule has 2 rings (SSSR count). The zero-order chi connectivity index (χ0) is 14.0. The molecule has 0 radical (unpaired) electrons. The number of amides is 1. The van der Waals surface area contributed by atoms with Crippen LogP contribution in [0.1, 0.15) is 18.9 Å². The summed E-state index contributed by atoms with van der Waals surface area (Å²) in [5, 5.41) is 0. The number of ether oxygens (including phenoxy) is 1. The zero-order valence-electron chi connectivity index (χ0n) is 10.6. The molecule has 1 heterocycles. The highest BCUT2D eigenvalue weighted by molar-refractivity contribution is 5.97. The second-order valence-corrected chi connectivity index (χ2v) is 4.55. The Labute approximate surface area is 110 Å². The molecule has 2 N–H and O–H groups in total. The first-order valence-electron chi connectivity index (χ1n) is 6.13. The van der Waals surface area contributed by atoms with Crippen LogP contribution in [0, 0.1) is 0 Å². The van der Waals surface area contributed by atoms with Crippen LogP contribution in [0.15, 0.2) is 18.2 Å². The first kappa shape index (κ1) is 13.7. The summed E-state index contributed by atoms with van der Waals surface area (Å²) in [7, 11) is 0. The topological polar surface area (TPSA) is 55.6 Å². The van der Waals surface area contributed by atoms with Crippen LogP contribution < -0.4 is 15.4 Å². The van der Waals surface area contributed by atoms with Crippen molar-refractivity contribution in [1.82, 2.24) is 0 Å². The lowest BCUT2D eigenvalue weighted by Gasteiger charge is -2.31. The molecule has 0 unspecified atom stereocenters. The minimum absolute atomic E-state index is 0.115. The first-order valence-corrected chi connectivity index (χ1v) is 6.13. The van der Waals surface area contributed by atoms with E-state index in [1.165, 1.54) is 6.07 Å². The number of benzene rings is 1. The number of aryl methyl sites for hydroxylation is 1. The molecule has 0 spiro atoms. The molecule has 1 aliphatic heterocycles. The fourth-order valence-electron chi connectivity index (χ4n) is 2.22. The third-order valence-corrected chi connectivity index (χ3v) is 3.05. The molecular weight excluding hydrogens is 254 g/mol. The minimum atomic E-state index is -2.84. The molecular formula is C13H16F2N2O2. The maximum Gasteiger partial charge on any atom is 0.387 e. The molecule has 0 saturated heterocycles. The van der Waals surface area contributed by atoms with Crippen molar-refractivity contribution in [2.24, 2.45) is 5.73 Å². The molecule has 1 aromatic carbocycles. The Bertz CT molecular complexity index is 478. The van der Waals surface area contributed by atoms with Gasteiger partial charge in [0.15, 0.2) is 0 Å². The predicted octanol–water partition coefficient (Wildman–Crippen LogP) is 1.91. The first-order chi connectivity index (χ1) is 8.99. The molecule has 1 aliphatic rings. The van der Waals surface area contributed by atoms with Crippen molar-refractivity contribution >= 4 is 11.6 Å². The van der Waals surface area contributed by atoms with E-state index < -0.39 is 12.7 Å². The highest BCUT2D eigenvalue weighted by Crippen LogP contribution is 2.31. The second-order valence-electron chi connectivity index (χ2n) is 4.55. The summed E-state index contributed by atoms with van der Waals surface area (Å²) in [6, 6.07) is 4.05. The van der Waals surface area contributed by atoms with E-state index in [1.807, 2.05) is 0 Å². The number of fused-ring (bicyclic) bond motifs is 1. The molecule has 1 aromatic rings. The van der Waals surface area contributed by atoms with Gasteiger partial charge in [0.2, 0.25) is 5.91 Å². The number of hydrogen-bond acceptors (Lipinski definition) is 3. The van der Waals surface area contributed by atoms with E-state index in [-0.39, 0.29) is 11.7 Å². The van der Waals surface area contributed by atoms with Gasteiger partial charge in [-0.1, -0.05) is 0 Å². The quantitative estimate of drug-likeness (QED) is 0.912.